The van der Waals surface area contributed by atoms with Crippen LogP contribution in [0.5, 0.6) is 5.75 Å². The summed E-state index contributed by atoms with van der Waals surface area (Å²) < 4.78 is 64.5. The predicted octanol–water partition coefficient (Wildman–Crippen LogP) is 4.70. The van der Waals surface area contributed by atoms with Gasteiger partial charge in [-0.3, -0.25) is 0 Å². The van der Waals surface area contributed by atoms with Gasteiger partial charge in [-0.05, 0) is 59.6 Å². The fourth-order valence-electron chi connectivity index (χ4n) is 2.70. The molecule has 1 aromatic rings. The third-order valence-corrected chi connectivity index (χ3v) is 5.08. The van der Waals surface area contributed by atoms with Crippen LogP contribution in [-0.4, -0.2) is 13.9 Å². The van der Waals surface area contributed by atoms with E-state index >= 15 is 0 Å². The maximum Gasteiger partial charge on any atom is 0.534 e. The summed E-state index contributed by atoms with van der Waals surface area (Å²) >= 11 is 0. The molecule has 0 spiro atoms. The van der Waals surface area contributed by atoms with E-state index in [-0.39, 0.29) is 11.2 Å². The SMILES string of the molecule is CCC1=CCC(C)(C)c2cc(OS(=O)(=O)C(F)(F)F)c(C)cc21. The van der Waals surface area contributed by atoms with Crippen LogP contribution in [-0.2, 0) is 15.5 Å². The lowest BCUT2D eigenvalue weighted by molar-refractivity contribution is -0.0500. The van der Waals surface area contributed by atoms with Gasteiger partial charge < -0.3 is 4.18 Å². The second-order valence-corrected chi connectivity index (χ2v) is 7.86. The quantitative estimate of drug-likeness (QED) is 0.587. The minimum Gasteiger partial charge on any atom is -0.376 e. The molecule has 7 heteroatoms. The molecule has 0 N–H and O–H groups in total. The first-order chi connectivity index (χ1) is 10.4. The van der Waals surface area contributed by atoms with Gasteiger partial charge in [0.15, 0.2) is 0 Å². The lowest BCUT2D eigenvalue weighted by Crippen LogP contribution is -2.29. The molecule has 0 fully saturated rings. The van der Waals surface area contributed by atoms with Crippen molar-refractivity contribution in [1.29, 1.82) is 0 Å². The molecule has 0 aromatic heterocycles. The average molecular weight is 348 g/mol. The van der Waals surface area contributed by atoms with Gasteiger partial charge in [-0.15, -0.1) is 0 Å². The number of allylic oxidation sites excluding steroid dienone is 2. The molecule has 0 bridgehead atoms. The van der Waals surface area contributed by atoms with Crippen LogP contribution in [0.25, 0.3) is 5.57 Å². The Bertz CT molecular complexity index is 760. The number of benzene rings is 1. The van der Waals surface area contributed by atoms with Crippen molar-refractivity contribution in [2.75, 3.05) is 0 Å². The summed E-state index contributed by atoms with van der Waals surface area (Å²) in [5.74, 6) is -0.272. The molecule has 0 unspecified atom stereocenters. The summed E-state index contributed by atoms with van der Waals surface area (Å²) in [5.41, 5.74) is -2.55. The van der Waals surface area contributed by atoms with E-state index in [1.54, 1.807) is 6.07 Å². The number of hydrogen-bond donors (Lipinski definition) is 0. The first-order valence-corrected chi connectivity index (χ1v) is 8.65. The minimum atomic E-state index is -5.67. The van der Waals surface area contributed by atoms with Crippen molar-refractivity contribution < 1.29 is 25.8 Å². The molecule has 2 rings (SSSR count). The molecule has 0 atom stereocenters. The van der Waals surface area contributed by atoms with Crippen LogP contribution in [0.15, 0.2) is 18.2 Å². The highest BCUT2D eigenvalue weighted by atomic mass is 32.2. The van der Waals surface area contributed by atoms with Gasteiger partial charge in [-0.1, -0.05) is 26.8 Å². The van der Waals surface area contributed by atoms with Crippen LogP contribution in [0.2, 0.25) is 0 Å². The Morgan fingerprint density at radius 2 is 1.87 bits per heavy atom. The topological polar surface area (TPSA) is 43.4 Å². The molecule has 0 saturated carbocycles. The molecule has 0 saturated heterocycles. The van der Waals surface area contributed by atoms with Crippen LogP contribution in [0.4, 0.5) is 13.2 Å². The number of alkyl halides is 3. The third kappa shape index (κ3) is 3.24. The summed E-state index contributed by atoms with van der Waals surface area (Å²) in [6, 6.07) is 3.13. The molecule has 23 heavy (non-hydrogen) atoms. The van der Waals surface area contributed by atoms with Crippen LogP contribution in [0, 0.1) is 6.92 Å². The van der Waals surface area contributed by atoms with Crippen molar-refractivity contribution in [3.05, 3.63) is 34.9 Å². The molecular formula is C16H19F3O3S. The van der Waals surface area contributed by atoms with Crippen LogP contribution >= 0.6 is 0 Å². The molecule has 1 aliphatic rings. The van der Waals surface area contributed by atoms with E-state index in [0.29, 0.717) is 5.56 Å². The number of fused-ring (bicyclic) bond motifs is 1. The predicted molar refractivity (Wildman–Crippen MR) is 82.7 cm³/mol. The zero-order valence-corrected chi connectivity index (χ0v) is 14.2. The molecule has 1 aromatic carbocycles. The lowest BCUT2D eigenvalue weighted by Gasteiger charge is -2.32. The first kappa shape index (κ1) is 17.8. The first-order valence-electron chi connectivity index (χ1n) is 7.24. The second kappa shape index (κ2) is 5.54. The Balaban J connectivity index is 2.57. The maximum absolute atomic E-state index is 12.5. The van der Waals surface area contributed by atoms with Gasteiger partial charge in [0.1, 0.15) is 5.75 Å². The van der Waals surface area contributed by atoms with Crippen molar-refractivity contribution in [3.8, 4) is 5.75 Å². The second-order valence-electron chi connectivity index (χ2n) is 6.32. The normalized spacial score (nSPS) is 17.4. The van der Waals surface area contributed by atoms with E-state index in [2.05, 4.69) is 10.3 Å². The summed E-state index contributed by atoms with van der Waals surface area (Å²) in [5, 5.41) is 0. The van der Waals surface area contributed by atoms with Gasteiger partial charge in [0.2, 0.25) is 0 Å². The highest BCUT2D eigenvalue weighted by Gasteiger charge is 2.49. The van der Waals surface area contributed by atoms with Gasteiger partial charge in [-0.2, -0.15) is 21.6 Å². The Morgan fingerprint density at radius 1 is 1.26 bits per heavy atom. The third-order valence-electron chi connectivity index (χ3n) is 4.11. The highest BCUT2D eigenvalue weighted by Crippen LogP contribution is 2.43. The van der Waals surface area contributed by atoms with Crippen molar-refractivity contribution in [1.82, 2.24) is 0 Å². The molecule has 0 amide bonds. The number of aryl methyl sites for hydroxylation is 1. The van der Waals surface area contributed by atoms with Gasteiger partial charge in [0, 0.05) is 0 Å². The monoisotopic (exact) mass is 348 g/mol. The van der Waals surface area contributed by atoms with Crippen molar-refractivity contribution in [2.24, 2.45) is 0 Å². The standard InChI is InChI=1S/C16H19F3O3S/c1-5-11-6-7-15(3,4)13-9-14(10(2)8-12(11)13)22-23(20,21)16(17,18)19/h6,8-9H,5,7H2,1-4H3. The van der Waals surface area contributed by atoms with Crippen LogP contribution in [0.3, 0.4) is 0 Å². The largest absolute Gasteiger partial charge is 0.534 e. The highest BCUT2D eigenvalue weighted by molar-refractivity contribution is 7.88. The van der Waals surface area contributed by atoms with Gasteiger partial charge in [-0.25, -0.2) is 0 Å². The van der Waals surface area contributed by atoms with Gasteiger partial charge in [0.25, 0.3) is 0 Å². The molecule has 1 aliphatic carbocycles. The number of rotatable bonds is 3. The Kier molecular flexibility index (Phi) is 4.30. The Labute approximate surface area is 134 Å². The van der Waals surface area contributed by atoms with E-state index in [0.717, 1.165) is 29.5 Å². The Morgan fingerprint density at radius 3 is 2.39 bits per heavy atom. The van der Waals surface area contributed by atoms with Crippen LogP contribution < -0.4 is 4.18 Å². The summed E-state index contributed by atoms with van der Waals surface area (Å²) in [6.07, 6.45) is 3.65. The zero-order chi connectivity index (χ0) is 17.6. The summed E-state index contributed by atoms with van der Waals surface area (Å²) in [4.78, 5) is 0. The number of halogens is 3. The summed E-state index contributed by atoms with van der Waals surface area (Å²) in [6.45, 7) is 7.47. The van der Waals surface area contributed by atoms with Gasteiger partial charge >= 0.3 is 15.6 Å². The molecule has 128 valence electrons. The van der Waals surface area contributed by atoms with E-state index in [1.807, 2.05) is 20.8 Å². The fraction of sp³-hybridized carbons (Fsp3) is 0.500. The average Bonchev–Trinajstić information content (AvgIpc) is 2.39. The van der Waals surface area contributed by atoms with E-state index < -0.39 is 15.6 Å². The lowest BCUT2D eigenvalue weighted by atomic mass is 9.72. The van der Waals surface area contributed by atoms with Gasteiger partial charge in [0.05, 0.1) is 0 Å². The molecule has 3 nitrogen and oxygen atoms in total. The maximum atomic E-state index is 12.5. The molecule has 0 aliphatic heterocycles. The molecular weight excluding hydrogens is 329 g/mol. The summed E-state index contributed by atoms with van der Waals surface area (Å²) in [7, 11) is -5.67. The zero-order valence-electron chi connectivity index (χ0n) is 13.4. The minimum absolute atomic E-state index is 0.272. The van der Waals surface area contributed by atoms with E-state index in [1.165, 1.54) is 13.0 Å². The van der Waals surface area contributed by atoms with E-state index in [9.17, 15) is 21.6 Å². The fourth-order valence-corrected chi connectivity index (χ4v) is 3.21. The molecule has 0 heterocycles. The van der Waals surface area contributed by atoms with Crippen LogP contribution in [0.1, 0.15) is 50.3 Å². The van der Waals surface area contributed by atoms with E-state index in [4.69, 9.17) is 0 Å². The van der Waals surface area contributed by atoms with Crippen molar-refractivity contribution >= 4 is 15.7 Å². The molecule has 0 radical (unpaired) electrons. The van der Waals surface area contributed by atoms with Crippen molar-refractivity contribution in [2.45, 2.75) is 51.5 Å². The smallest absolute Gasteiger partial charge is 0.376 e. The Hall–Kier alpha value is -1.50. The number of hydrogen-bond acceptors (Lipinski definition) is 3. The van der Waals surface area contributed by atoms with Crippen molar-refractivity contribution in [3.63, 3.8) is 0 Å².